The lowest BCUT2D eigenvalue weighted by atomic mass is 9.95. The van der Waals surface area contributed by atoms with Crippen molar-refractivity contribution in [3.05, 3.63) is 30.0 Å². The van der Waals surface area contributed by atoms with Gasteiger partial charge in [-0.2, -0.15) is 0 Å². The SMILES string of the molecule is O=C(Cc1noc2ccccc12)N1CCC(CN2CCOCC2)CC1. The second-order valence-corrected chi connectivity index (χ2v) is 7.04. The third kappa shape index (κ3) is 3.85. The van der Waals surface area contributed by atoms with Crippen molar-refractivity contribution in [2.75, 3.05) is 45.9 Å². The average Bonchev–Trinajstić information content (AvgIpc) is 3.06. The number of carbonyl (C=O) groups excluding carboxylic acids is 1. The molecule has 2 saturated heterocycles. The number of carbonyl (C=O) groups is 1. The molecule has 25 heavy (non-hydrogen) atoms. The minimum Gasteiger partial charge on any atom is -0.379 e. The molecule has 0 bridgehead atoms. The highest BCUT2D eigenvalue weighted by Gasteiger charge is 2.25. The van der Waals surface area contributed by atoms with Gasteiger partial charge in [0.2, 0.25) is 5.91 Å². The molecule has 3 heterocycles. The van der Waals surface area contributed by atoms with E-state index < -0.39 is 0 Å². The predicted octanol–water partition coefficient (Wildman–Crippen LogP) is 1.94. The summed E-state index contributed by atoms with van der Waals surface area (Å²) in [5, 5.41) is 5.02. The number of ether oxygens (including phenoxy) is 1. The molecular formula is C19H25N3O3. The van der Waals surface area contributed by atoms with Gasteiger partial charge in [-0.15, -0.1) is 0 Å². The van der Waals surface area contributed by atoms with Gasteiger partial charge in [0.15, 0.2) is 5.58 Å². The molecule has 4 rings (SSSR count). The largest absolute Gasteiger partial charge is 0.379 e. The van der Waals surface area contributed by atoms with E-state index in [1.54, 1.807) is 0 Å². The van der Waals surface area contributed by atoms with Crippen molar-refractivity contribution in [3.63, 3.8) is 0 Å². The van der Waals surface area contributed by atoms with Crippen molar-refractivity contribution in [2.24, 2.45) is 5.92 Å². The summed E-state index contributed by atoms with van der Waals surface area (Å²) in [6.45, 7) is 6.62. The smallest absolute Gasteiger partial charge is 0.228 e. The summed E-state index contributed by atoms with van der Waals surface area (Å²) in [5.74, 6) is 0.846. The number of nitrogens with zero attached hydrogens (tertiary/aromatic N) is 3. The fourth-order valence-corrected chi connectivity index (χ4v) is 3.83. The highest BCUT2D eigenvalue weighted by Crippen LogP contribution is 2.22. The van der Waals surface area contributed by atoms with Crippen LogP contribution in [0.1, 0.15) is 18.5 Å². The number of para-hydroxylation sites is 1. The quantitative estimate of drug-likeness (QED) is 0.849. The Labute approximate surface area is 147 Å². The highest BCUT2D eigenvalue weighted by molar-refractivity contribution is 5.86. The molecule has 2 aromatic rings. The fraction of sp³-hybridized carbons (Fsp3) is 0.579. The first-order valence-electron chi connectivity index (χ1n) is 9.21. The number of morpholine rings is 1. The molecule has 2 aliphatic rings. The van der Waals surface area contributed by atoms with Gasteiger partial charge in [0.25, 0.3) is 0 Å². The standard InChI is InChI=1S/C19H25N3O3/c23-19(13-17-16-3-1-2-4-18(16)25-20-17)22-7-5-15(6-8-22)14-21-9-11-24-12-10-21/h1-4,15H,5-14H2. The van der Waals surface area contributed by atoms with Crippen LogP contribution < -0.4 is 0 Å². The molecule has 134 valence electrons. The van der Waals surface area contributed by atoms with Crippen molar-refractivity contribution in [2.45, 2.75) is 19.3 Å². The molecule has 0 radical (unpaired) electrons. The van der Waals surface area contributed by atoms with Gasteiger partial charge in [-0.05, 0) is 30.9 Å². The Morgan fingerprint density at radius 1 is 1.12 bits per heavy atom. The maximum Gasteiger partial charge on any atom is 0.228 e. The van der Waals surface area contributed by atoms with Gasteiger partial charge in [0.1, 0.15) is 5.69 Å². The van der Waals surface area contributed by atoms with Gasteiger partial charge >= 0.3 is 0 Å². The first-order chi connectivity index (χ1) is 12.3. The van der Waals surface area contributed by atoms with E-state index in [1.165, 1.54) is 0 Å². The molecule has 0 N–H and O–H groups in total. The molecule has 0 atom stereocenters. The lowest BCUT2D eigenvalue weighted by molar-refractivity contribution is -0.132. The van der Waals surface area contributed by atoms with Crippen molar-refractivity contribution in [3.8, 4) is 0 Å². The van der Waals surface area contributed by atoms with Crippen LogP contribution >= 0.6 is 0 Å². The second-order valence-electron chi connectivity index (χ2n) is 7.04. The molecule has 0 unspecified atom stereocenters. The zero-order valence-electron chi connectivity index (χ0n) is 14.5. The molecule has 6 heteroatoms. The summed E-state index contributed by atoms with van der Waals surface area (Å²) >= 11 is 0. The molecule has 1 amide bonds. The summed E-state index contributed by atoms with van der Waals surface area (Å²) < 4.78 is 10.7. The van der Waals surface area contributed by atoms with Gasteiger partial charge in [-0.1, -0.05) is 17.3 Å². The third-order valence-corrected chi connectivity index (χ3v) is 5.36. The Morgan fingerprint density at radius 3 is 2.68 bits per heavy atom. The van der Waals surface area contributed by atoms with Crippen LogP contribution in [-0.4, -0.2) is 66.8 Å². The number of piperidine rings is 1. The van der Waals surface area contributed by atoms with Crippen LogP contribution in [0.25, 0.3) is 11.0 Å². The van der Waals surface area contributed by atoms with Gasteiger partial charge in [0.05, 0.1) is 19.6 Å². The molecule has 2 aliphatic heterocycles. The number of amides is 1. The monoisotopic (exact) mass is 343 g/mol. The number of hydrogen-bond acceptors (Lipinski definition) is 5. The number of likely N-dealkylation sites (tertiary alicyclic amines) is 1. The molecule has 1 aromatic heterocycles. The van der Waals surface area contributed by atoms with E-state index in [-0.39, 0.29) is 5.91 Å². The van der Waals surface area contributed by atoms with E-state index in [0.29, 0.717) is 12.3 Å². The van der Waals surface area contributed by atoms with Crippen LogP contribution in [-0.2, 0) is 16.0 Å². The van der Waals surface area contributed by atoms with E-state index in [4.69, 9.17) is 9.26 Å². The van der Waals surface area contributed by atoms with Crippen molar-refractivity contribution >= 4 is 16.9 Å². The van der Waals surface area contributed by atoms with E-state index in [9.17, 15) is 4.79 Å². The van der Waals surface area contributed by atoms with Crippen LogP contribution in [0.2, 0.25) is 0 Å². The molecule has 0 aliphatic carbocycles. The number of benzene rings is 1. The molecular weight excluding hydrogens is 318 g/mol. The topological polar surface area (TPSA) is 58.8 Å². The zero-order chi connectivity index (χ0) is 17.1. The molecule has 6 nitrogen and oxygen atoms in total. The Hall–Kier alpha value is -1.92. The Balaban J connectivity index is 1.29. The summed E-state index contributed by atoms with van der Waals surface area (Å²) in [5.41, 5.74) is 1.49. The second kappa shape index (κ2) is 7.54. The number of fused-ring (bicyclic) bond motifs is 1. The molecule has 1 aromatic carbocycles. The average molecular weight is 343 g/mol. The van der Waals surface area contributed by atoms with E-state index in [2.05, 4.69) is 10.1 Å². The van der Waals surface area contributed by atoms with Gasteiger partial charge < -0.3 is 14.2 Å². The first-order valence-corrected chi connectivity index (χ1v) is 9.21. The van der Waals surface area contributed by atoms with E-state index in [0.717, 1.165) is 75.4 Å². The summed E-state index contributed by atoms with van der Waals surface area (Å²) in [6, 6.07) is 7.71. The Morgan fingerprint density at radius 2 is 1.88 bits per heavy atom. The Kier molecular flexibility index (Phi) is 4.99. The Bertz CT molecular complexity index is 716. The molecule has 2 fully saturated rings. The summed E-state index contributed by atoms with van der Waals surface area (Å²) in [4.78, 5) is 17.1. The third-order valence-electron chi connectivity index (χ3n) is 5.36. The van der Waals surface area contributed by atoms with E-state index >= 15 is 0 Å². The lowest BCUT2D eigenvalue weighted by Gasteiger charge is -2.36. The van der Waals surface area contributed by atoms with E-state index in [1.807, 2.05) is 29.2 Å². The normalized spacial score (nSPS) is 20.2. The fourth-order valence-electron chi connectivity index (χ4n) is 3.83. The van der Waals surface area contributed by atoms with Gasteiger partial charge in [0, 0.05) is 38.1 Å². The maximum atomic E-state index is 12.6. The highest BCUT2D eigenvalue weighted by atomic mass is 16.5. The predicted molar refractivity (Wildman–Crippen MR) is 94.3 cm³/mol. The number of rotatable bonds is 4. The first kappa shape index (κ1) is 16.5. The van der Waals surface area contributed by atoms with Crippen LogP contribution in [0, 0.1) is 5.92 Å². The minimum atomic E-state index is 0.156. The minimum absolute atomic E-state index is 0.156. The van der Waals surface area contributed by atoms with Crippen molar-refractivity contribution < 1.29 is 14.1 Å². The van der Waals surface area contributed by atoms with Crippen molar-refractivity contribution in [1.82, 2.24) is 15.0 Å². The van der Waals surface area contributed by atoms with Gasteiger partial charge in [-0.3, -0.25) is 9.69 Å². The summed E-state index contributed by atoms with van der Waals surface area (Å²) in [7, 11) is 0. The lowest BCUT2D eigenvalue weighted by Crippen LogP contribution is -2.44. The summed E-state index contributed by atoms with van der Waals surface area (Å²) in [6.07, 6.45) is 2.50. The number of aromatic nitrogens is 1. The molecule has 0 spiro atoms. The van der Waals surface area contributed by atoms with Crippen LogP contribution in [0.15, 0.2) is 28.8 Å². The maximum absolute atomic E-state index is 12.6. The van der Waals surface area contributed by atoms with Crippen LogP contribution in [0.4, 0.5) is 0 Å². The van der Waals surface area contributed by atoms with Crippen LogP contribution in [0.5, 0.6) is 0 Å². The molecule has 0 saturated carbocycles. The zero-order valence-corrected chi connectivity index (χ0v) is 14.5. The number of hydrogen-bond donors (Lipinski definition) is 0. The van der Waals surface area contributed by atoms with Crippen LogP contribution in [0.3, 0.4) is 0 Å². The van der Waals surface area contributed by atoms with Gasteiger partial charge in [-0.25, -0.2) is 0 Å². The van der Waals surface area contributed by atoms with Crippen molar-refractivity contribution in [1.29, 1.82) is 0 Å².